The summed E-state index contributed by atoms with van der Waals surface area (Å²) in [6, 6.07) is 12.5. The van der Waals surface area contributed by atoms with Gasteiger partial charge in [-0.25, -0.2) is 4.68 Å². The lowest BCUT2D eigenvalue weighted by Crippen LogP contribution is -2.13. The molecule has 1 aliphatic rings. The van der Waals surface area contributed by atoms with Crippen molar-refractivity contribution in [3.05, 3.63) is 64.9 Å². The van der Waals surface area contributed by atoms with Crippen molar-refractivity contribution < 1.29 is 14.3 Å². The number of nitrogens with one attached hydrogen (secondary N) is 1. The van der Waals surface area contributed by atoms with E-state index in [1.807, 2.05) is 12.1 Å². The molecule has 31 heavy (non-hydrogen) atoms. The fraction of sp³-hybridized carbons (Fsp3) is 0.304. The van der Waals surface area contributed by atoms with E-state index >= 15 is 0 Å². The van der Waals surface area contributed by atoms with Crippen LogP contribution in [-0.2, 0) is 5.88 Å². The lowest BCUT2D eigenvalue weighted by atomic mass is 10.2. The zero-order chi connectivity index (χ0) is 21.8. The molecule has 0 spiro atoms. The summed E-state index contributed by atoms with van der Waals surface area (Å²) < 4.78 is 12.9. The summed E-state index contributed by atoms with van der Waals surface area (Å²) in [6.07, 6.45) is 5.30. The second-order valence-corrected chi connectivity index (χ2v) is 8.15. The first kappa shape index (κ1) is 21.5. The fourth-order valence-corrected chi connectivity index (χ4v) is 3.55. The van der Waals surface area contributed by atoms with E-state index in [4.69, 9.17) is 32.7 Å². The SMILES string of the molecule is COc1cc(NC(=O)c2cn(-c3ccc(Cl)cc3)nc2CCl)ccc1OCCC1CC1. The van der Waals surface area contributed by atoms with Crippen molar-refractivity contribution in [3.63, 3.8) is 0 Å². The molecule has 6 nitrogen and oxygen atoms in total. The van der Waals surface area contributed by atoms with Crippen molar-refractivity contribution in [2.45, 2.75) is 25.1 Å². The number of carbonyl (C=O) groups is 1. The number of amides is 1. The van der Waals surface area contributed by atoms with Gasteiger partial charge in [0.05, 0.1) is 36.5 Å². The monoisotopic (exact) mass is 459 g/mol. The summed E-state index contributed by atoms with van der Waals surface area (Å²) in [4.78, 5) is 12.9. The van der Waals surface area contributed by atoms with Crippen molar-refractivity contribution in [1.82, 2.24) is 9.78 Å². The first-order valence-electron chi connectivity index (χ1n) is 10.1. The van der Waals surface area contributed by atoms with Crippen molar-refractivity contribution in [2.24, 2.45) is 5.92 Å². The molecule has 0 saturated heterocycles. The highest BCUT2D eigenvalue weighted by Gasteiger charge is 2.21. The lowest BCUT2D eigenvalue weighted by molar-refractivity contribution is 0.102. The average Bonchev–Trinajstić information content (AvgIpc) is 3.50. The summed E-state index contributed by atoms with van der Waals surface area (Å²) >= 11 is 12.0. The normalized spacial score (nSPS) is 13.1. The van der Waals surface area contributed by atoms with Gasteiger partial charge in [0.2, 0.25) is 0 Å². The standard InChI is InChI=1S/C23H23Cl2N3O3/c1-30-22-12-17(6-9-21(22)31-11-10-15-2-3-15)26-23(29)19-14-28(27-20(19)13-24)18-7-4-16(25)5-8-18/h4-9,12,14-15H,2-3,10-11,13H2,1H3,(H,26,29). The van der Waals surface area contributed by atoms with Gasteiger partial charge in [0, 0.05) is 23.0 Å². The van der Waals surface area contributed by atoms with Crippen LogP contribution < -0.4 is 14.8 Å². The molecule has 1 N–H and O–H groups in total. The minimum absolute atomic E-state index is 0.112. The summed E-state index contributed by atoms with van der Waals surface area (Å²) in [5.41, 5.74) is 2.26. The van der Waals surface area contributed by atoms with Gasteiger partial charge in [0.15, 0.2) is 11.5 Å². The Morgan fingerprint density at radius 1 is 1.19 bits per heavy atom. The number of halogens is 2. The minimum atomic E-state index is -0.305. The molecule has 4 rings (SSSR count). The van der Waals surface area contributed by atoms with Crippen LogP contribution in [0.15, 0.2) is 48.7 Å². The van der Waals surface area contributed by atoms with Gasteiger partial charge in [-0.2, -0.15) is 5.10 Å². The van der Waals surface area contributed by atoms with Crippen molar-refractivity contribution in [1.29, 1.82) is 0 Å². The quantitative estimate of drug-likeness (QED) is 0.416. The maximum Gasteiger partial charge on any atom is 0.259 e. The first-order chi connectivity index (χ1) is 15.1. The molecule has 1 heterocycles. The highest BCUT2D eigenvalue weighted by atomic mass is 35.5. The Labute approximate surface area is 191 Å². The summed E-state index contributed by atoms with van der Waals surface area (Å²) in [6.45, 7) is 0.662. The molecule has 0 aliphatic heterocycles. The van der Waals surface area contributed by atoms with Gasteiger partial charge in [-0.05, 0) is 48.7 Å². The number of hydrogen-bond donors (Lipinski definition) is 1. The van der Waals surface area contributed by atoms with Crippen molar-refractivity contribution >= 4 is 34.8 Å². The van der Waals surface area contributed by atoms with E-state index in [0.717, 1.165) is 18.0 Å². The Morgan fingerprint density at radius 3 is 2.65 bits per heavy atom. The van der Waals surface area contributed by atoms with Gasteiger partial charge in [0.1, 0.15) is 0 Å². The average molecular weight is 460 g/mol. The molecule has 1 aliphatic carbocycles. The highest BCUT2D eigenvalue weighted by molar-refractivity contribution is 6.30. The Kier molecular flexibility index (Phi) is 6.68. The van der Waals surface area contributed by atoms with Gasteiger partial charge in [0.25, 0.3) is 5.91 Å². The predicted octanol–water partition coefficient (Wildman–Crippen LogP) is 5.70. The van der Waals surface area contributed by atoms with E-state index in [9.17, 15) is 4.79 Å². The number of nitrogens with zero attached hydrogens (tertiary/aromatic N) is 2. The molecule has 1 aromatic heterocycles. The summed E-state index contributed by atoms with van der Waals surface area (Å²) in [5, 5.41) is 7.94. The molecule has 1 fully saturated rings. The maximum atomic E-state index is 12.9. The minimum Gasteiger partial charge on any atom is -0.493 e. The third kappa shape index (κ3) is 5.32. The largest absolute Gasteiger partial charge is 0.493 e. The van der Waals surface area contributed by atoms with Crippen LogP contribution in [0.25, 0.3) is 5.69 Å². The van der Waals surface area contributed by atoms with Crippen LogP contribution in [0.1, 0.15) is 35.3 Å². The summed E-state index contributed by atoms with van der Waals surface area (Å²) in [7, 11) is 1.58. The number of alkyl halides is 1. The van der Waals surface area contributed by atoms with Crippen LogP contribution in [0, 0.1) is 5.92 Å². The second kappa shape index (κ2) is 9.62. The molecule has 162 valence electrons. The lowest BCUT2D eigenvalue weighted by Gasteiger charge is -2.12. The third-order valence-electron chi connectivity index (χ3n) is 5.16. The van der Waals surface area contributed by atoms with Crippen molar-refractivity contribution in [3.8, 4) is 17.2 Å². The van der Waals surface area contributed by atoms with E-state index in [0.29, 0.717) is 40.1 Å². The molecule has 8 heteroatoms. The number of rotatable bonds is 9. The molecule has 0 unspecified atom stereocenters. The van der Waals surface area contributed by atoms with Crippen LogP contribution in [0.2, 0.25) is 5.02 Å². The molecular weight excluding hydrogens is 437 g/mol. The molecule has 2 aromatic carbocycles. The molecule has 0 bridgehead atoms. The predicted molar refractivity (Wildman–Crippen MR) is 122 cm³/mol. The van der Waals surface area contributed by atoms with Gasteiger partial charge < -0.3 is 14.8 Å². The van der Waals surface area contributed by atoms with Crippen LogP contribution >= 0.6 is 23.2 Å². The van der Waals surface area contributed by atoms with Gasteiger partial charge in [-0.1, -0.05) is 24.4 Å². The fourth-order valence-electron chi connectivity index (χ4n) is 3.23. The van der Waals surface area contributed by atoms with E-state index < -0.39 is 0 Å². The Balaban J connectivity index is 1.48. The molecule has 0 atom stereocenters. The number of methoxy groups -OCH3 is 1. The van der Waals surface area contributed by atoms with Crippen LogP contribution in [0.3, 0.4) is 0 Å². The van der Waals surface area contributed by atoms with Gasteiger partial charge in [-0.15, -0.1) is 11.6 Å². The third-order valence-corrected chi connectivity index (χ3v) is 5.66. The number of aromatic nitrogens is 2. The molecule has 3 aromatic rings. The van der Waals surface area contributed by atoms with Gasteiger partial charge in [-0.3, -0.25) is 4.79 Å². The Hall–Kier alpha value is -2.70. The van der Waals surface area contributed by atoms with Gasteiger partial charge >= 0.3 is 0 Å². The molecular formula is C23H23Cl2N3O3. The number of ether oxygens (including phenoxy) is 2. The molecule has 1 saturated carbocycles. The van der Waals surface area contributed by atoms with E-state index in [1.54, 1.807) is 48.3 Å². The second-order valence-electron chi connectivity index (χ2n) is 7.44. The Morgan fingerprint density at radius 2 is 1.97 bits per heavy atom. The first-order valence-corrected chi connectivity index (χ1v) is 11.0. The summed E-state index contributed by atoms with van der Waals surface area (Å²) in [5.74, 6) is 1.84. The smallest absolute Gasteiger partial charge is 0.259 e. The zero-order valence-electron chi connectivity index (χ0n) is 17.1. The van der Waals surface area contributed by atoms with Crippen LogP contribution in [0.5, 0.6) is 11.5 Å². The molecule has 0 radical (unpaired) electrons. The Bertz CT molecular complexity index is 1060. The van der Waals surface area contributed by atoms with E-state index in [2.05, 4.69) is 10.4 Å². The zero-order valence-corrected chi connectivity index (χ0v) is 18.6. The van der Waals surface area contributed by atoms with E-state index in [-0.39, 0.29) is 11.8 Å². The number of carbonyl (C=O) groups excluding carboxylic acids is 1. The number of anilines is 1. The van der Waals surface area contributed by atoms with Crippen LogP contribution in [-0.4, -0.2) is 29.4 Å². The maximum absolute atomic E-state index is 12.9. The topological polar surface area (TPSA) is 65.4 Å². The number of hydrogen-bond acceptors (Lipinski definition) is 4. The molecule has 1 amide bonds. The van der Waals surface area contributed by atoms with Crippen LogP contribution in [0.4, 0.5) is 5.69 Å². The van der Waals surface area contributed by atoms with Crippen molar-refractivity contribution in [2.75, 3.05) is 19.0 Å². The highest BCUT2D eigenvalue weighted by Crippen LogP contribution is 2.34. The number of benzene rings is 2. The van der Waals surface area contributed by atoms with E-state index in [1.165, 1.54) is 12.8 Å².